The maximum atomic E-state index is 12.9. The van der Waals surface area contributed by atoms with E-state index in [0.717, 1.165) is 6.07 Å². The Kier molecular flexibility index (Phi) is 3.79. The Morgan fingerprint density at radius 3 is 2.10 bits per heavy atom. The molecule has 2 aromatic carbocycles. The lowest BCUT2D eigenvalue weighted by atomic mass is 9.97. The van der Waals surface area contributed by atoms with Crippen LogP contribution >= 0.6 is 0 Å². The summed E-state index contributed by atoms with van der Waals surface area (Å²) < 4.78 is 38.8. The first-order valence-corrected chi connectivity index (χ1v) is 5.93. The highest BCUT2D eigenvalue weighted by Gasteiger charge is 2.35. The van der Waals surface area contributed by atoms with Crippen LogP contribution in [0.25, 0.3) is 0 Å². The lowest BCUT2D eigenvalue weighted by Gasteiger charge is -2.13. The van der Waals surface area contributed by atoms with Crippen LogP contribution in [0.5, 0.6) is 0 Å². The normalized spacial score (nSPS) is 11.2. The summed E-state index contributed by atoms with van der Waals surface area (Å²) in [5, 5.41) is 2.80. The van der Waals surface area contributed by atoms with E-state index in [0.29, 0.717) is 5.69 Å². The number of benzene rings is 2. The molecule has 0 aromatic heterocycles. The molecule has 0 radical (unpaired) electrons. The molecule has 5 heteroatoms. The largest absolute Gasteiger partial charge is 0.417 e. The molecule has 1 N–H and O–H groups in total. The first-order chi connectivity index (χ1) is 9.45. The van der Waals surface area contributed by atoms with E-state index in [1.54, 1.807) is 25.2 Å². The topological polar surface area (TPSA) is 29.1 Å². The number of nitrogens with one attached hydrogen (secondary N) is 1. The molecule has 0 saturated carbocycles. The van der Waals surface area contributed by atoms with Gasteiger partial charge in [-0.05, 0) is 18.2 Å². The van der Waals surface area contributed by atoms with E-state index in [4.69, 9.17) is 0 Å². The second kappa shape index (κ2) is 5.36. The zero-order valence-corrected chi connectivity index (χ0v) is 10.7. The monoisotopic (exact) mass is 279 g/mol. The summed E-state index contributed by atoms with van der Waals surface area (Å²) in [5.74, 6) is -0.650. The van der Waals surface area contributed by atoms with Gasteiger partial charge in [0.25, 0.3) is 0 Å². The highest BCUT2D eigenvalue weighted by molar-refractivity contribution is 6.13. The van der Waals surface area contributed by atoms with Crippen LogP contribution in [-0.2, 0) is 6.18 Å². The highest BCUT2D eigenvalue weighted by atomic mass is 19.4. The van der Waals surface area contributed by atoms with E-state index in [2.05, 4.69) is 5.32 Å². The van der Waals surface area contributed by atoms with Crippen molar-refractivity contribution in [1.82, 2.24) is 0 Å². The van der Waals surface area contributed by atoms with Crippen molar-refractivity contribution in [1.29, 1.82) is 0 Å². The van der Waals surface area contributed by atoms with E-state index >= 15 is 0 Å². The van der Waals surface area contributed by atoms with Crippen LogP contribution in [-0.4, -0.2) is 12.8 Å². The van der Waals surface area contributed by atoms with Gasteiger partial charge in [-0.1, -0.05) is 30.3 Å². The molecule has 0 aliphatic carbocycles. The van der Waals surface area contributed by atoms with Gasteiger partial charge < -0.3 is 5.32 Å². The number of hydrogen-bond donors (Lipinski definition) is 1. The van der Waals surface area contributed by atoms with Crippen molar-refractivity contribution in [3.8, 4) is 0 Å². The van der Waals surface area contributed by atoms with E-state index < -0.39 is 17.5 Å². The number of hydrogen-bond acceptors (Lipinski definition) is 2. The molecule has 0 amide bonds. The smallest absolute Gasteiger partial charge is 0.388 e. The summed E-state index contributed by atoms with van der Waals surface area (Å²) >= 11 is 0. The number of carbonyl (C=O) groups is 1. The maximum Gasteiger partial charge on any atom is 0.417 e. The van der Waals surface area contributed by atoms with Gasteiger partial charge in [0, 0.05) is 23.9 Å². The van der Waals surface area contributed by atoms with E-state index in [1.165, 1.54) is 24.3 Å². The Hall–Kier alpha value is -2.30. The summed E-state index contributed by atoms with van der Waals surface area (Å²) in [6.45, 7) is 0. The molecule has 0 bridgehead atoms. The van der Waals surface area contributed by atoms with Gasteiger partial charge in [-0.2, -0.15) is 13.2 Å². The molecule has 2 rings (SSSR count). The quantitative estimate of drug-likeness (QED) is 0.861. The van der Waals surface area contributed by atoms with Crippen molar-refractivity contribution in [2.75, 3.05) is 12.4 Å². The van der Waals surface area contributed by atoms with Gasteiger partial charge in [-0.3, -0.25) is 4.79 Å². The maximum absolute atomic E-state index is 12.9. The van der Waals surface area contributed by atoms with Gasteiger partial charge in [0.15, 0.2) is 5.78 Å². The van der Waals surface area contributed by atoms with Crippen LogP contribution in [0.4, 0.5) is 18.9 Å². The minimum atomic E-state index is -4.55. The van der Waals surface area contributed by atoms with Crippen LogP contribution in [0, 0.1) is 0 Å². The van der Waals surface area contributed by atoms with Gasteiger partial charge in [0.1, 0.15) is 0 Å². The number of rotatable bonds is 3. The second-order valence-electron chi connectivity index (χ2n) is 4.17. The zero-order valence-electron chi connectivity index (χ0n) is 10.7. The number of alkyl halides is 3. The first-order valence-electron chi connectivity index (χ1n) is 5.93. The van der Waals surface area contributed by atoms with Crippen molar-refractivity contribution in [3.63, 3.8) is 0 Å². The highest BCUT2D eigenvalue weighted by Crippen LogP contribution is 2.33. The summed E-state index contributed by atoms with van der Waals surface area (Å²) in [7, 11) is 1.61. The fraction of sp³-hybridized carbons (Fsp3) is 0.133. The van der Waals surface area contributed by atoms with E-state index in [-0.39, 0.29) is 11.1 Å². The van der Waals surface area contributed by atoms with Crippen LogP contribution in [0.15, 0.2) is 48.5 Å². The molecule has 2 nitrogen and oxygen atoms in total. The lowest BCUT2D eigenvalue weighted by Crippen LogP contribution is -2.14. The third-order valence-electron chi connectivity index (χ3n) is 2.92. The summed E-state index contributed by atoms with van der Waals surface area (Å²) in [4.78, 5) is 12.4. The minimum Gasteiger partial charge on any atom is -0.388 e. The van der Waals surface area contributed by atoms with Gasteiger partial charge in [-0.25, -0.2) is 0 Å². The molecule has 0 saturated heterocycles. The molecular formula is C15H12F3NO. The summed E-state index contributed by atoms with van der Waals surface area (Å²) in [6, 6.07) is 11.3. The predicted octanol–water partition coefficient (Wildman–Crippen LogP) is 3.98. The fourth-order valence-electron chi connectivity index (χ4n) is 1.97. The zero-order chi connectivity index (χ0) is 14.8. The SMILES string of the molecule is CNc1ccccc1C(=O)c1ccccc1C(F)(F)F. The average Bonchev–Trinajstić information content (AvgIpc) is 2.45. The van der Waals surface area contributed by atoms with Gasteiger partial charge in [0.05, 0.1) is 5.56 Å². The van der Waals surface area contributed by atoms with Crippen LogP contribution in [0.3, 0.4) is 0 Å². The number of anilines is 1. The van der Waals surface area contributed by atoms with Crippen LogP contribution in [0.2, 0.25) is 0 Å². The Balaban J connectivity index is 2.55. The Morgan fingerprint density at radius 2 is 1.50 bits per heavy atom. The molecule has 20 heavy (non-hydrogen) atoms. The van der Waals surface area contributed by atoms with Crippen molar-refractivity contribution in [3.05, 3.63) is 65.2 Å². The number of halogens is 3. The predicted molar refractivity (Wildman–Crippen MR) is 70.9 cm³/mol. The van der Waals surface area contributed by atoms with E-state index in [9.17, 15) is 18.0 Å². The third-order valence-corrected chi connectivity index (χ3v) is 2.92. The molecule has 0 unspecified atom stereocenters. The van der Waals surface area contributed by atoms with Gasteiger partial charge in [-0.15, -0.1) is 0 Å². The molecule has 0 fully saturated rings. The van der Waals surface area contributed by atoms with Gasteiger partial charge >= 0.3 is 6.18 Å². The average molecular weight is 279 g/mol. The van der Waals surface area contributed by atoms with Crippen molar-refractivity contribution < 1.29 is 18.0 Å². The molecule has 104 valence electrons. The van der Waals surface area contributed by atoms with E-state index in [1.807, 2.05) is 0 Å². The number of ketones is 1. The Bertz CT molecular complexity index is 635. The van der Waals surface area contributed by atoms with Crippen molar-refractivity contribution >= 4 is 11.5 Å². The molecule has 0 aliphatic heterocycles. The number of para-hydroxylation sites is 1. The second-order valence-corrected chi connectivity index (χ2v) is 4.17. The Morgan fingerprint density at radius 1 is 0.950 bits per heavy atom. The lowest BCUT2D eigenvalue weighted by molar-refractivity contribution is -0.137. The summed E-state index contributed by atoms with van der Waals surface area (Å²) in [6.07, 6.45) is -4.55. The molecule has 0 aliphatic rings. The van der Waals surface area contributed by atoms with Crippen molar-refractivity contribution in [2.45, 2.75) is 6.18 Å². The molecule has 0 atom stereocenters. The van der Waals surface area contributed by atoms with Gasteiger partial charge in [0.2, 0.25) is 0 Å². The third kappa shape index (κ3) is 2.66. The molecular weight excluding hydrogens is 267 g/mol. The van der Waals surface area contributed by atoms with Crippen molar-refractivity contribution in [2.24, 2.45) is 0 Å². The summed E-state index contributed by atoms with van der Waals surface area (Å²) in [5.41, 5.74) is -0.556. The molecule has 0 heterocycles. The molecule has 2 aromatic rings. The minimum absolute atomic E-state index is 0.215. The number of carbonyl (C=O) groups excluding carboxylic acids is 1. The standard InChI is InChI=1S/C15H12F3NO/c1-19-13-9-5-3-7-11(13)14(20)10-6-2-4-8-12(10)15(16,17)18/h2-9,19H,1H3. The van der Waals surface area contributed by atoms with Crippen LogP contribution < -0.4 is 5.32 Å². The first kappa shape index (κ1) is 14.1. The fourth-order valence-corrected chi connectivity index (χ4v) is 1.97. The van der Waals surface area contributed by atoms with Crippen LogP contribution in [0.1, 0.15) is 21.5 Å². The molecule has 0 spiro atoms. The Labute approximate surface area is 114 Å².